The lowest BCUT2D eigenvalue weighted by atomic mass is 9.99. The van der Waals surface area contributed by atoms with Crippen LogP contribution in [0.1, 0.15) is 52.4 Å². The van der Waals surface area contributed by atoms with Gasteiger partial charge in [-0.05, 0) is 39.5 Å². The molecule has 0 spiro atoms. The summed E-state index contributed by atoms with van der Waals surface area (Å²) in [6.45, 7) is 4.39. The van der Waals surface area contributed by atoms with E-state index in [0.29, 0.717) is 18.2 Å². The summed E-state index contributed by atoms with van der Waals surface area (Å²) in [6, 6.07) is 1.51. The number of nitrogens with one attached hydrogen (secondary N) is 1. The third kappa shape index (κ3) is 2.71. The van der Waals surface area contributed by atoms with E-state index in [-0.39, 0.29) is 0 Å². The lowest BCUT2D eigenvalue weighted by Gasteiger charge is -2.34. The third-order valence-electron chi connectivity index (χ3n) is 3.52. The highest BCUT2D eigenvalue weighted by atomic mass is 16.5. The molecule has 1 aliphatic heterocycles. The van der Waals surface area contributed by atoms with Crippen LogP contribution in [0.4, 0.5) is 0 Å². The standard InChI is InChI=1S/C12H23NO/c1-9-7-12(8-10(2)14-9)13-11-5-3-4-6-11/h9-13H,3-8H2,1-2H3. The van der Waals surface area contributed by atoms with Gasteiger partial charge in [0.15, 0.2) is 0 Å². The van der Waals surface area contributed by atoms with Gasteiger partial charge in [-0.15, -0.1) is 0 Å². The van der Waals surface area contributed by atoms with Crippen molar-refractivity contribution in [3.8, 4) is 0 Å². The molecule has 2 unspecified atom stereocenters. The molecular formula is C12H23NO. The molecule has 0 radical (unpaired) electrons. The first-order chi connectivity index (χ1) is 6.74. The molecule has 2 rings (SSSR count). The molecule has 82 valence electrons. The molecule has 0 bridgehead atoms. The Morgan fingerprint density at radius 1 is 0.929 bits per heavy atom. The van der Waals surface area contributed by atoms with Crippen molar-refractivity contribution in [3.63, 3.8) is 0 Å². The van der Waals surface area contributed by atoms with Gasteiger partial charge < -0.3 is 10.1 Å². The van der Waals surface area contributed by atoms with E-state index >= 15 is 0 Å². The Morgan fingerprint density at radius 2 is 1.50 bits per heavy atom. The van der Waals surface area contributed by atoms with Crippen molar-refractivity contribution < 1.29 is 4.74 Å². The predicted octanol–water partition coefficient (Wildman–Crippen LogP) is 2.47. The van der Waals surface area contributed by atoms with Gasteiger partial charge in [0.05, 0.1) is 12.2 Å². The van der Waals surface area contributed by atoms with Crippen LogP contribution in [-0.2, 0) is 4.74 Å². The van der Waals surface area contributed by atoms with Crippen molar-refractivity contribution >= 4 is 0 Å². The molecule has 1 heterocycles. The molecule has 0 amide bonds. The van der Waals surface area contributed by atoms with E-state index in [1.807, 2.05) is 0 Å². The second kappa shape index (κ2) is 4.63. The highest BCUT2D eigenvalue weighted by Gasteiger charge is 2.26. The van der Waals surface area contributed by atoms with Gasteiger partial charge in [-0.3, -0.25) is 0 Å². The SMILES string of the molecule is CC1CC(NC2CCCC2)CC(C)O1. The Balaban J connectivity index is 1.78. The molecule has 2 aliphatic rings. The summed E-state index contributed by atoms with van der Waals surface area (Å²) in [5, 5.41) is 3.80. The van der Waals surface area contributed by atoms with E-state index in [2.05, 4.69) is 19.2 Å². The molecule has 2 atom stereocenters. The molecule has 0 aromatic heterocycles. The molecule has 2 heteroatoms. The summed E-state index contributed by atoms with van der Waals surface area (Å²) in [5.41, 5.74) is 0. The number of rotatable bonds is 2. The monoisotopic (exact) mass is 197 g/mol. The summed E-state index contributed by atoms with van der Waals surface area (Å²) in [4.78, 5) is 0. The van der Waals surface area contributed by atoms with Crippen LogP contribution in [0.5, 0.6) is 0 Å². The molecule has 1 saturated heterocycles. The van der Waals surface area contributed by atoms with E-state index in [1.54, 1.807) is 0 Å². The molecule has 1 saturated carbocycles. The van der Waals surface area contributed by atoms with Crippen molar-refractivity contribution in [1.29, 1.82) is 0 Å². The van der Waals surface area contributed by atoms with Crippen molar-refractivity contribution in [2.75, 3.05) is 0 Å². The Morgan fingerprint density at radius 3 is 2.07 bits per heavy atom. The molecule has 2 fully saturated rings. The van der Waals surface area contributed by atoms with Crippen molar-refractivity contribution in [3.05, 3.63) is 0 Å². The fraction of sp³-hybridized carbons (Fsp3) is 1.00. The minimum absolute atomic E-state index is 0.442. The largest absolute Gasteiger partial charge is 0.375 e. The van der Waals surface area contributed by atoms with Gasteiger partial charge >= 0.3 is 0 Å². The summed E-state index contributed by atoms with van der Waals surface area (Å²) in [7, 11) is 0. The van der Waals surface area contributed by atoms with Crippen LogP contribution >= 0.6 is 0 Å². The van der Waals surface area contributed by atoms with Crippen molar-refractivity contribution in [2.24, 2.45) is 0 Å². The van der Waals surface area contributed by atoms with Crippen molar-refractivity contribution in [2.45, 2.75) is 76.7 Å². The van der Waals surface area contributed by atoms with Crippen LogP contribution < -0.4 is 5.32 Å². The minimum atomic E-state index is 0.442. The van der Waals surface area contributed by atoms with Gasteiger partial charge in [0.25, 0.3) is 0 Å². The van der Waals surface area contributed by atoms with Crippen LogP contribution in [0.25, 0.3) is 0 Å². The van der Waals surface area contributed by atoms with Crippen LogP contribution in [0.2, 0.25) is 0 Å². The van der Waals surface area contributed by atoms with Crippen LogP contribution in [0.3, 0.4) is 0 Å². The topological polar surface area (TPSA) is 21.3 Å². The quantitative estimate of drug-likeness (QED) is 0.734. The van der Waals surface area contributed by atoms with Crippen LogP contribution in [0, 0.1) is 0 Å². The van der Waals surface area contributed by atoms with Gasteiger partial charge in [0, 0.05) is 12.1 Å². The zero-order valence-electron chi connectivity index (χ0n) is 9.46. The fourth-order valence-electron chi connectivity index (χ4n) is 2.97. The van der Waals surface area contributed by atoms with Gasteiger partial charge in [-0.25, -0.2) is 0 Å². The number of hydrogen-bond acceptors (Lipinski definition) is 2. The number of ether oxygens (including phenoxy) is 1. The third-order valence-corrected chi connectivity index (χ3v) is 3.52. The lowest BCUT2D eigenvalue weighted by Crippen LogP contribution is -2.44. The van der Waals surface area contributed by atoms with E-state index in [1.165, 1.54) is 38.5 Å². The average molecular weight is 197 g/mol. The van der Waals surface area contributed by atoms with Crippen LogP contribution in [-0.4, -0.2) is 24.3 Å². The zero-order chi connectivity index (χ0) is 9.97. The van der Waals surface area contributed by atoms with Gasteiger partial charge in [0.2, 0.25) is 0 Å². The fourth-order valence-corrected chi connectivity index (χ4v) is 2.97. The van der Waals surface area contributed by atoms with Crippen molar-refractivity contribution in [1.82, 2.24) is 5.32 Å². The Hall–Kier alpha value is -0.0800. The van der Waals surface area contributed by atoms with Gasteiger partial charge in [-0.2, -0.15) is 0 Å². The van der Waals surface area contributed by atoms with E-state index < -0.39 is 0 Å². The Kier molecular flexibility index (Phi) is 3.45. The summed E-state index contributed by atoms with van der Waals surface area (Å²) >= 11 is 0. The minimum Gasteiger partial charge on any atom is -0.375 e. The zero-order valence-corrected chi connectivity index (χ0v) is 9.46. The molecule has 1 aliphatic carbocycles. The van der Waals surface area contributed by atoms with Gasteiger partial charge in [0.1, 0.15) is 0 Å². The van der Waals surface area contributed by atoms with Gasteiger partial charge in [-0.1, -0.05) is 12.8 Å². The smallest absolute Gasteiger partial charge is 0.0565 e. The maximum absolute atomic E-state index is 5.74. The summed E-state index contributed by atoms with van der Waals surface area (Å²) < 4.78 is 5.74. The normalized spacial score (nSPS) is 40.3. The molecule has 0 aromatic carbocycles. The van der Waals surface area contributed by atoms with Crippen LogP contribution in [0.15, 0.2) is 0 Å². The molecular weight excluding hydrogens is 174 g/mol. The second-order valence-electron chi connectivity index (χ2n) is 5.07. The first-order valence-electron chi connectivity index (χ1n) is 6.15. The molecule has 14 heavy (non-hydrogen) atoms. The first-order valence-corrected chi connectivity index (χ1v) is 6.15. The molecule has 0 aromatic rings. The highest BCUT2D eigenvalue weighted by molar-refractivity contribution is 4.83. The lowest BCUT2D eigenvalue weighted by molar-refractivity contribution is -0.0434. The highest BCUT2D eigenvalue weighted by Crippen LogP contribution is 2.23. The summed E-state index contributed by atoms with van der Waals surface area (Å²) in [6.07, 6.45) is 8.90. The predicted molar refractivity (Wildman–Crippen MR) is 58.4 cm³/mol. The maximum atomic E-state index is 5.74. The van der Waals surface area contributed by atoms with E-state index in [4.69, 9.17) is 4.74 Å². The second-order valence-corrected chi connectivity index (χ2v) is 5.07. The van der Waals surface area contributed by atoms with E-state index in [0.717, 1.165) is 6.04 Å². The van der Waals surface area contributed by atoms with E-state index in [9.17, 15) is 0 Å². The average Bonchev–Trinajstić information content (AvgIpc) is 2.54. The molecule has 1 N–H and O–H groups in total. The Labute approximate surface area is 87.4 Å². The first kappa shape index (κ1) is 10.4. The number of hydrogen-bond donors (Lipinski definition) is 1. The summed E-state index contributed by atoms with van der Waals surface area (Å²) in [5.74, 6) is 0. The maximum Gasteiger partial charge on any atom is 0.0565 e. The Bertz CT molecular complexity index is 167. The molecule has 2 nitrogen and oxygen atoms in total.